The summed E-state index contributed by atoms with van der Waals surface area (Å²) < 4.78 is 0. The first-order valence-corrected chi connectivity index (χ1v) is 4.56. The van der Waals surface area contributed by atoms with Crippen LogP contribution in [0.5, 0.6) is 0 Å². The molecule has 0 radical (unpaired) electrons. The molecule has 0 aliphatic heterocycles. The smallest absolute Gasteiger partial charge is 0.330 e. The average molecular weight is 256 g/mol. The molecule has 0 spiro atoms. The zero-order chi connectivity index (χ0) is 16.3. The molecule has 0 aromatic rings. The number of carboxylic acids is 2. The van der Waals surface area contributed by atoms with Crippen molar-refractivity contribution in [2.75, 3.05) is 0 Å². The molecule has 4 heteroatoms. The fraction of sp³-hybridized carbons (Fsp3) is 0.143. The molecular formula is C14H24O4. The second-order valence-electron chi connectivity index (χ2n) is 2.17. The summed E-state index contributed by atoms with van der Waals surface area (Å²) in [7, 11) is 0. The van der Waals surface area contributed by atoms with Crippen molar-refractivity contribution < 1.29 is 19.8 Å². The van der Waals surface area contributed by atoms with Gasteiger partial charge in [0.25, 0.3) is 0 Å². The molecule has 0 rings (SSSR count). The molecule has 2 N–H and O–H groups in total. The topological polar surface area (TPSA) is 74.6 Å². The summed E-state index contributed by atoms with van der Waals surface area (Å²) in [5.74, 6) is -1.87. The van der Waals surface area contributed by atoms with Gasteiger partial charge in [0.2, 0.25) is 0 Å². The Labute approximate surface area is 110 Å². The van der Waals surface area contributed by atoms with Gasteiger partial charge in [-0.05, 0) is 13.8 Å². The van der Waals surface area contributed by atoms with E-state index in [9.17, 15) is 9.59 Å². The van der Waals surface area contributed by atoms with Crippen molar-refractivity contribution in [1.29, 1.82) is 0 Å². The average Bonchev–Trinajstić information content (AvgIpc) is 2.37. The van der Waals surface area contributed by atoms with Gasteiger partial charge < -0.3 is 10.2 Å². The number of aliphatic carboxylic acids is 2. The summed E-state index contributed by atoms with van der Waals surface area (Å²) >= 11 is 0. The first kappa shape index (κ1) is 29.6. The standard InChI is InChI=1S/2C4H6O2.3C2H4/c2*1-3(2)4(5)6;3*1-2/h2*1H2,2H3,(H,5,6);3*1-2H2. The lowest BCUT2D eigenvalue weighted by atomic mass is 10.4. The summed E-state index contributed by atoms with van der Waals surface area (Å²) in [6.45, 7) is 27.2. The lowest BCUT2D eigenvalue weighted by Gasteiger charge is -1.79. The quantitative estimate of drug-likeness (QED) is 0.583. The minimum atomic E-state index is -0.935. The Bertz CT molecular complexity index is 202. The van der Waals surface area contributed by atoms with E-state index in [2.05, 4.69) is 52.6 Å². The summed E-state index contributed by atoms with van der Waals surface area (Å²) in [6, 6.07) is 0. The van der Waals surface area contributed by atoms with Crippen molar-refractivity contribution >= 4 is 11.9 Å². The fourth-order valence-corrected chi connectivity index (χ4v) is 0. The zero-order valence-electron chi connectivity index (χ0n) is 11.4. The molecule has 0 heterocycles. The van der Waals surface area contributed by atoms with Crippen molar-refractivity contribution in [3.63, 3.8) is 0 Å². The minimum absolute atomic E-state index is 0.176. The Hall–Kier alpha value is -2.36. The molecule has 0 fully saturated rings. The highest BCUT2D eigenvalue weighted by atomic mass is 16.4. The molecule has 18 heavy (non-hydrogen) atoms. The maximum atomic E-state index is 9.60. The largest absolute Gasteiger partial charge is 0.478 e. The zero-order valence-corrected chi connectivity index (χ0v) is 11.4. The molecule has 0 amide bonds. The van der Waals surface area contributed by atoms with E-state index >= 15 is 0 Å². The molecule has 0 bridgehead atoms. The van der Waals surface area contributed by atoms with Gasteiger partial charge in [-0.3, -0.25) is 0 Å². The third kappa shape index (κ3) is 68.5. The van der Waals surface area contributed by atoms with Crippen molar-refractivity contribution in [3.8, 4) is 0 Å². The number of carboxylic acid groups (broad SMARTS) is 2. The van der Waals surface area contributed by atoms with E-state index in [0.717, 1.165) is 0 Å². The fourth-order valence-electron chi connectivity index (χ4n) is 0. The summed E-state index contributed by atoms with van der Waals surface area (Å²) in [5.41, 5.74) is 0.352. The van der Waals surface area contributed by atoms with Crippen molar-refractivity contribution in [2.45, 2.75) is 13.8 Å². The van der Waals surface area contributed by atoms with Gasteiger partial charge in [-0.15, -0.1) is 39.5 Å². The first-order valence-electron chi connectivity index (χ1n) is 4.56. The van der Waals surface area contributed by atoms with Crippen LogP contribution in [0, 0.1) is 0 Å². The minimum Gasteiger partial charge on any atom is -0.478 e. The highest BCUT2D eigenvalue weighted by Gasteiger charge is 1.90. The van der Waals surface area contributed by atoms with E-state index in [0.29, 0.717) is 0 Å². The Morgan fingerprint density at radius 1 is 0.667 bits per heavy atom. The van der Waals surface area contributed by atoms with Crippen LogP contribution >= 0.6 is 0 Å². The van der Waals surface area contributed by atoms with Crippen LogP contribution in [-0.4, -0.2) is 22.2 Å². The molecule has 0 saturated carbocycles. The summed E-state index contributed by atoms with van der Waals surface area (Å²) in [4.78, 5) is 19.2. The molecule has 0 aromatic carbocycles. The van der Waals surface area contributed by atoms with E-state index in [4.69, 9.17) is 10.2 Å². The van der Waals surface area contributed by atoms with Crippen LogP contribution in [-0.2, 0) is 9.59 Å². The maximum absolute atomic E-state index is 9.60. The molecule has 0 atom stereocenters. The van der Waals surface area contributed by atoms with Crippen LogP contribution in [0.3, 0.4) is 0 Å². The van der Waals surface area contributed by atoms with Crippen LogP contribution in [0.15, 0.2) is 63.8 Å². The van der Waals surface area contributed by atoms with E-state index in [1.807, 2.05) is 0 Å². The molecule has 0 aliphatic rings. The van der Waals surface area contributed by atoms with Gasteiger partial charge in [-0.25, -0.2) is 9.59 Å². The van der Waals surface area contributed by atoms with Gasteiger partial charge >= 0.3 is 11.9 Å². The Morgan fingerprint density at radius 2 is 0.722 bits per heavy atom. The second-order valence-corrected chi connectivity index (χ2v) is 2.17. The van der Waals surface area contributed by atoms with Crippen LogP contribution < -0.4 is 0 Å². The number of hydrogen-bond donors (Lipinski definition) is 2. The number of carbonyl (C=O) groups is 2. The molecule has 0 unspecified atom stereocenters. The lowest BCUT2D eigenvalue weighted by molar-refractivity contribution is -0.133. The lowest BCUT2D eigenvalue weighted by Crippen LogP contribution is -1.92. The predicted molar refractivity (Wildman–Crippen MR) is 78.7 cm³/mol. The normalized spacial score (nSPS) is 5.67. The number of rotatable bonds is 2. The van der Waals surface area contributed by atoms with Crippen molar-refractivity contribution in [3.05, 3.63) is 63.8 Å². The molecule has 104 valence electrons. The van der Waals surface area contributed by atoms with Crippen molar-refractivity contribution in [2.24, 2.45) is 0 Å². The summed E-state index contributed by atoms with van der Waals surface area (Å²) in [5, 5.41) is 15.8. The van der Waals surface area contributed by atoms with Gasteiger partial charge in [0.15, 0.2) is 0 Å². The van der Waals surface area contributed by atoms with E-state index in [1.54, 1.807) is 0 Å². The number of hydrogen-bond acceptors (Lipinski definition) is 2. The molecule has 0 aromatic heterocycles. The highest BCUT2D eigenvalue weighted by Crippen LogP contribution is 1.81. The predicted octanol–water partition coefficient (Wildman–Crippen LogP) is 3.70. The van der Waals surface area contributed by atoms with Crippen LogP contribution in [0.1, 0.15) is 13.8 Å². The Morgan fingerprint density at radius 3 is 0.722 bits per heavy atom. The van der Waals surface area contributed by atoms with Crippen LogP contribution in [0.2, 0.25) is 0 Å². The monoisotopic (exact) mass is 256 g/mol. The molecular weight excluding hydrogens is 232 g/mol. The third-order valence-corrected chi connectivity index (χ3v) is 0.730. The van der Waals surface area contributed by atoms with Crippen molar-refractivity contribution in [1.82, 2.24) is 0 Å². The second kappa shape index (κ2) is 29.3. The maximum Gasteiger partial charge on any atom is 0.330 e. The SMILES string of the molecule is C=C.C=C.C=C.C=C(C)C(=O)O.C=C(C)C(=O)O. The van der Waals surface area contributed by atoms with Gasteiger partial charge in [0.1, 0.15) is 0 Å². The summed E-state index contributed by atoms with van der Waals surface area (Å²) in [6.07, 6.45) is 0. The van der Waals surface area contributed by atoms with E-state index in [-0.39, 0.29) is 11.1 Å². The third-order valence-electron chi connectivity index (χ3n) is 0.730. The van der Waals surface area contributed by atoms with Crippen LogP contribution in [0.25, 0.3) is 0 Å². The van der Waals surface area contributed by atoms with Crippen LogP contribution in [0.4, 0.5) is 0 Å². The highest BCUT2D eigenvalue weighted by molar-refractivity contribution is 5.85. The van der Waals surface area contributed by atoms with Gasteiger partial charge in [0.05, 0.1) is 0 Å². The van der Waals surface area contributed by atoms with Gasteiger partial charge in [-0.2, -0.15) is 0 Å². The van der Waals surface area contributed by atoms with Gasteiger partial charge in [-0.1, -0.05) is 13.2 Å². The Kier molecular flexibility index (Phi) is 48.2. The van der Waals surface area contributed by atoms with Gasteiger partial charge in [0, 0.05) is 11.1 Å². The molecule has 0 aliphatic carbocycles. The van der Waals surface area contributed by atoms with E-state index < -0.39 is 11.9 Å². The molecule has 4 nitrogen and oxygen atoms in total. The van der Waals surface area contributed by atoms with E-state index in [1.165, 1.54) is 13.8 Å². The Balaban J connectivity index is -0.0000000442. The molecule has 0 saturated heterocycles. The first-order chi connectivity index (χ1) is 8.29.